The highest BCUT2D eigenvalue weighted by Gasteiger charge is 2.14. The van der Waals surface area contributed by atoms with E-state index >= 15 is 0 Å². The van der Waals surface area contributed by atoms with E-state index in [0.29, 0.717) is 11.0 Å². The number of halogens is 1. The van der Waals surface area contributed by atoms with E-state index < -0.39 is 5.82 Å². The van der Waals surface area contributed by atoms with Crippen molar-refractivity contribution in [2.45, 2.75) is 12.1 Å². The zero-order valence-corrected chi connectivity index (χ0v) is 14.1. The highest BCUT2D eigenvalue weighted by molar-refractivity contribution is 7.99. The summed E-state index contributed by atoms with van der Waals surface area (Å²) in [5.41, 5.74) is 1.64. The molecule has 2 heterocycles. The van der Waals surface area contributed by atoms with Crippen LogP contribution in [-0.2, 0) is 4.79 Å². The van der Waals surface area contributed by atoms with Crippen LogP contribution in [-0.4, -0.2) is 31.5 Å². The lowest BCUT2D eigenvalue weighted by atomic mass is 10.2. The lowest BCUT2D eigenvalue weighted by Gasteiger charge is -2.07. The van der Waals surface area contributed by atoms with E-state index in [1.54, 1.807) is 31.5 Å². The zero-order valence-electron chi connectivity index (χ0n) is 13.3. The molecule has 0 aliphatic rings. The molecule has 0 saturated carbocycles. The fourth-order valence-electron chi connectivity index (χ4n) is 2.11. The molecule has 3 rings (SSSR count). The molecule has 0 spiro atoms. The SMILES string of the molecule is Cc1ccc(NC(=O)CSc2nnc(-c3cccnc3)n2N)c(F)c1. The van der Waals surface area contributed by atoms with Crippen molar-refractivity contribution >= 4 is 23.4 Å². The summed E-state index contributed by atoms with van der Waals surface area (Å²) in [7, 11) is 0. The Bertz CT molecular complexity index is 899. The van der Waals surface area contributed by atoms with Crippen molar-refractivity contribution in [3.05, 3.63) is 54.1 Å². The smallest absolute Gasteiger partial charge is 0.234 e. The number of carbonyl (C=O) groups is 1. The highest BCUT2D eigenvalue weighted by Crippen LogP contribution is 2.21. The van der Waals surface area contributed by atoms with Crippen LogP contribution < -0.4 is 11.2 Å². The van der Waals surface area contributed by atoms with Crippen LogP contribution in [0.15, 0.2) is 47.9 Å². The molecule has 3 N–H and O–H groups in total. The van der Waals surface area contributed by atoms with Gasteiger partial charge in [-0.25, -0.2) is 9.07 Å². The second kappa shape index (κ2) is 7.31. The van der Waals surface area contributed by atoms with E-state index in [4.69, 9.17) is 5.84 Å². The number of nitrogens with zero attached hydrogens (tertiary/aromatic N) is 4. The van der Waals surface area contributed by atoms with Gasteiger partial charge in [0, 0.05) is 18.0 Å². The number of pyridine rings is 1. The quantitative estimate of drug-likeness (QED) is 0.536. The predicted molar refractivity (Wildman–Crippen MR) is 93.9 cm³/mol. The molecular weight excluding hydrogens is 343 g/mol. The third kappa shape index (κ3) is 3.94. The first kappa shape index (κ1) is 16.9. The monoisotopic (exact) mass is 358 g/mol. The van der Waals surface area contributed by atoms with E-state index in [2.05, 4.69) is 20.5 Å². The normalized spacial score (nSPS) is 10.6. The number of thioether (sulfide) groups is 1. The molecule has 128 valence electrons. The maximum Gasteiger partial charge on any atom is 0.234 e. The van der Waals surface area contributed by atoms with E-state index in [1.807, 2.05) is 6.07 Å². The second-order valence-electron chi connectivity index (χ2n) is 5.24. The van der Waals surface area contributed by atoms with Crippen LogP contribution >= 0.6 is 11.8 Å². The topological polar surface area (TPSA) is 98.7 Å². The van der Waals surface area contributed by atoms with Crippen LogP contribution in [0.2, 0.25) is 0 Å². The number of hydrogen-bond acceptors (Lipinski definition) is 6. The Balaban J connectivity index is 1.64. The van der Waals surface area contributed by atoms with Crippen molar-refractivity contribution in [2.24, 2.45) is 0 Å². The number of amides is 1. The number of anilines is 1. The minimum absolute atomic E-state index is 0.0235. The van der Waals surface area contributed by atoms with E-state index in [1.165, 1.54) is 16.8 Å². The highest BCUT2D eigenvalue weighted by atomic mass is 32.2. The first-order valence-corrected chi connectivity index (χ1v) is 8.33. The number of hydrogen-bond donors (Lipinski definition) is 2. The molecular formula is C16H15FN6OS. The summed E-state index contributed by atoms with van der Waals surface area (Å²) >= 11 is 1.11. The number of rotatable bonds is 5. The van der Waals surface area contributed by atoms with Gasteiger partial charge in [0.1, 0.15) is 5.82 Å². The Morgan fingerprint density at radius 1 is 1.36 bits per heavy atom. The molecule has 0 bridgehead atoms. The minimum atomic E-state index is -0.473. The Morgan fingerprint density at radius 2 is 2.20 bits per heavy atom. The van der Waals surface area contributed by atoms with Crippen molar-refractivity contribution in [1.29, 1.82) is 0 Å². The molecule has 0 saturated heterocycles. The molecule has 7 nitrogen and oxygen atoms in total. The summed E-state index contributed by atoms with van der Waals surface area (Å²) < 4.78 is 15.0. The van der Waals surface area contributed by atoms with Gasteiger partial charge >= 0.3 is 0 Å². The van der Waals surface area contributed by atoms with Crippen LogP contribution in [0, 0.1) is 12.7 Å². The summed E-state index contributed by atoms with van der Waals surface area (Å²) in [6.45, 7) is 1.78. The van der Waals surface area contributed by atoms with Crippen LogP contribution in [0.1, 0.15) is 5.56 Å². The number of nitrogens with one attached hydrogen (secondary N) is 1. The summed E-state index contributed by atoms with van der Waals surface area (Å²) in [5.74, 6) is 5.60. The van der Waals surface area contributed by atoms with E-state index in [0.717, 1.165) is 22.9 Å². The van der Waals surface area contributed by atoms with Gasteiger partial charge in [0.2, 0.25) is 11.1 Å². The molecule has 1 aromatic carbocycles. The first-order valence-electron chi connectivity index (χ1n) is 7.34. The largest absolute Gasteiger partial charge is 0.335 e. The van der Waals surface area contributed by atoms with Crippen LogP contribution in [0.3, 0.4) is 0 Å². The predicted octanol–water partition coefficient (Wildman–Crippen LogP) is 2.23. The Labute approximate surface area is 147 Å². The molecule has 0 radical (unpaired) electrons. The number of aromatic nitrogens is 4. The number of benzene rings is 1. The molecule has 2 aromatic heterocycles. The minimum Gasteiger partial charge on any atom is -0.335 e. The lowest BCUT2D eigenvalue weighted by molar-refractivity contribution is -0.113. The molecule has 0 aliphatic carbocycles. The van der Waals surface area contributed by atoms with Crippen molar-refractivity contribution in [3.8, 4) is 11.4 Å². The van der Waals surface area contributed by atoms with Gasteiger partial charge in [0.15, 0.2) is 5.82 Å². The second-order valence-corrected chi connectivity index (χ2v) is 6.18. The van der Waals surface area contributed by atoms with Gasteiger partial charge in [0.25, 0.3) is 0 Å². The molecule has 1 amide bonds. The Morgan fingerprint density at radius 3 is 2.92 bits per heavy atom. The van der Waals surface area contributed by atoms with Gasteiger partial charge in [-0.1, -0.05) is 17.8 Å². The fourth-order valence-corrected chi connectivity index (χ4v) is 2.76. The third-order valence-electron chi connectivity index (χ3n) is 3.32. The average molecular weight is 358 g/mol. The van der Waals surface area contributed by atoms with Gasteiger partial charge in [-0.3, -0.25) is 9.78 Å². The average Bonchev–Trinajstić information content (AvgIpc) is 2.97. The van der Waals surface area contributed by atoms with Gasteiger partial charge in [-0.05, 0) is 36.8 Å². The fraction of sp³-hybridized carbons (Fsp3) is 0.125. The van der Waals surface area contributed by atoms with Crippen molar-refractivity contribution in [3.63, 3.8) is 0 Å². The molecule has 0 fully saturated rings. The Hall–Kier alpha value is -2.94. The standard InChI is InChI=1S/C16H15FN6OS/c1-10-4-5-13(12(17)7-10)20-14(24)9-25-16-22-21-15(23(16)18)11-3-2-6-19-8-11/h2-8H,9,18H2,1H3,(H,20,24). The maximum absolute atomic E-state index is 13.8. The molecule has 25 heavy (non-hydrogen) atoms. The van der Waals surface area contributed by atoms with Crippen LogP contribution in [0.25, 0.3) is 11.4 Å². The van der Waals surface area contributed by atoms with Gasteiger partial charge in [-0.2, -0.15) is 0 Å². The molecule has 0 unspecified atom stereocenters. The third-order valence-corrected chi connectivity index (χ3v) is 4.26. The lowest BCUT2D eigenvalue weighted by Crippen LogP contribution is -2.17. The van der Waals surface area contributed by atoms with Gasteiger partial charge < -0.3 is 11.2 Å². The first-order chi connectivity index (χ1) is 12.0. The maximum atomic E-state index is 13.8. The van der Waals surface area contributed by atoms with E-state index in [9.17, 15) is 9.18 Å². The van der Waals surface area contributed by atoms with Crippen molar-refractivity contribution < 1.29 is 9.18 Å². The van der Waals surface area contributed by atoms with Crippen molar-refractivity contribution in [2.75, 3.05) is 16.9 Å². The molecule has 9 heteroatoms. The summed E-state index contributed by atoms with van der Waals surface area (Å²) in [5, 5.41) is 10.9. The number of nitrogen functional groups attached to an aromatic ring is 1. The van der Waals surface area contributed by atoms with Crippen LogP contribution in [0.5, 0.6) is 0 Å². The molecule has 3 aromatic rings. The molecule has 0 aliphatic heterocycles. The Kier molecular flexibility index (Phi) is 4.94. The summed E-state index contributed by atoms with van der Waals surface area (Å²) in [6.07, 6.45) is 3.26. The summed E-state index contributed by atoms with van der Waals surface area (Å²) in [6, 6.07) is 8.18. The number of carbonyl (C=O) groups excluding carboxylic acids is 1. The van der Waals surface area contributed by atoms with Gasteiger partial charge in [-0.15, -0.1) is 10.2 Å². The number of nitrogens with two attached hydrogens (primary N) is 1. The zero-order chi connectivity index (χ0) is 17.8. The van der Waals surface area contributed by atoms with Gasteiger partial charge in [0.05, 0.1) is 11.4 Å². The van der Waals surface area contributed by atoms with E-state index in [-0.39, 0.29) is 17.3 Å². The molecule has 0 atom stereocenters. The number of aryl methyl sites for hydroxylation is 1. The summed E-state index contributed by atoms with van der Waals surface area (Å²) in [4.78, 5) is 16.0. The van der Waals surface area contributed by atoms with Crippen LogP contribution in [0.4, 0.5) is 10.1 Å². The van der Waals surface area contributed by atoms with Crippen molar-refractivity contribution in [1.82, 2.24) is 19.9 Å².